The Bertz CT molecular complexity index is 677. The first-order valence-electron chi connectivity index (χ1n) is 8.10. The zero-order valence-corrected chi connectivity index (χ0v) is 14.2. The van der Waals surface area contributed by atoms with Crippen LogP contribution in [0.15, 0.2) is 18.2 Å². The zero-order valence-electron chi connectivity index (χ0n) is 14.2. The van der Waals surface area contributed by atoms with Crippen LogP contribution in [0.2, 0.25) is 0 Å². The number of carboxylic acid groups (broad SMARTS) is 1. The molecule has 1 aliphatic rings. The van der Waals surface area contributed by atoms with Gasteiger partial charge in [-0.25, -0.2) is 8.78 Å². The van der Waals surface area contributed by atoms with E-state index in [9.17, 15) is 23.2 Å². The monoisotopic (exact) mass is 370 g/mol. The molecule has 0 aliphatic carbocycles. The first-order chi connectivity index (χ1) is 12.3. The second kappa shape index (κ2) is 8.70. The van der Waals surface area contributed by atoms with Gasteiger partial charge in [0.2, 0.25) is 11.8 Å². The van der Waals surface area contributed by atoms with E-state index in [0.29, 0.717) is 0 Å². The molecule has 1 saturated heterocycles. The molecule has 1 aromatic rings. The molecule has 0 bridgehead atoms. The van der Waals surface area contributed by atoms with Crippen LogP contribution in [-0.2, 0) is 19.1 Å². The van der Waals surface area contributed by atoms with Crippen LogP contribution in [0.5, 0.6) is 0 Å². The van der Waals surface area contributed by atoms with Gasteiger partial charge < -0.3 is 20.1 Å². The first kappa shape index (κ1) is 19.8. The molecule has 7 nitrogen and oxygen atoms in total. The van der Waals surface area contributed by atoms with Gasteiger partial charge in [-0.15, -0.1) is 0 Å². The summed E-state index contributed by atoms with van der Waals surface area (Å²) < 4.78 is 33.4. The van der Waals surface area contributed by atoms with Crippen LogP contribution in [-0.4, -0.2) is 53.6 Å². The molecule has 2 rings (SSSR count). The van der Waals surface area contributed by atoms with Crippen LogP contribution >= 0.6 is 0 Å². The number of carbonyl (C=O) groups excluding carboxylic acids is 2. The van der Waals surface area contributed by atoms with Crippen LogP contribution in [0.3, 0.4) is 0 Å². The summed E-state index contributed by atoms with van der Waals surface area (Å²) in [5.41, 5.74) is -0.383. The number of ether oxygens (including phenoxy) is 1. The SMILES string of the molecule is CC(=O)NC(CC(=O)N1CCOC(CC(=O)O)C1)c1c(F)cccc1F. The van der Waals surface area contributed by atoms with Gasteiger partial charge in [0.25, 0.3) is 0 Å². The molecule has 2 unspecified atom stereocenters. The van der Waals surface area contributed by atoms with E-state index in [-0.39, 0.29) is 38.1 Å². The minimum atomic E-state index is -1.16. The van der Waals surface area contributed by atoms with Crippen LogP contribution < -0.4 is 5.32 Å². The van der Waals surface area contributed by atoms with Gasteiger partial charge in [0.05, 0.1) is 31.6 Å². The number of nitrogens with one attached hydrogen (secondary N) is 1. The van der Waals surface area contributed by atoms with Crippen LogP contribution in [0, 0.1) is 11.6 Å². The molecule has 0 radical (unpaired) electrons. The second-order valence-electron chi connectivity index (χ2n) is 6.02. The summed E-state index contributed by atoms with van der Waals surface area (Å²) in [6, 6.07) is 2.13. The molecule has 2 amide bonds. The van der Waals surface area contributed by atoms with E-state index in [2.05, 4.69) is 5.32 Å². The number of hydrogen-bond acceptors (Lipinski definition) is 4. The lowest BCUT2D eigenvalue weighted by Gasteiger charge is -2.33. The van der Waals surface area contributed by atoms with E-state index in [4.69, 9.17) is 9.84 Å². The summed E-state index contributed by atoms with van der Waals surface area (Å²) >= 11 is 0. The minimum Gasteiger partial charge on any atom is -0.481 e. The minimum absolute atomic E-state index is 0.0671. The van der Waals surface area contributed by atoms with Crippen molar-refractivity contribution in [2.45, 2.75) is 31.9 Å². The van der Waals surface area contributed by atoms with Crippen molar-refractivity contribution < 1.29 is 33.0 Å². The molecule has 1 heterocycles. The van der Waals surface area contributed by atoms with Crippen molar-refractivity contribution in [2.75, 3.05) is 19.7 Å². The second-order valence-corrected chi connectivity index (χ2v) is 6.02. The van der Waals surface area contributed by atoms with Crippen molar-refractivity contribution in [1.29, 1.82) is 0 Å². The van der Waals surface area contributed by atoms with Crippen molar-refractivity contribution in [3.63, 3.8) is 0 Å². The van der Waals surface area contributed by atoms with Crippen LogP contribution in [0.4, 0.5) is 8.78 Å². The Morgan fingerprint density at radius 2 is 2.00 bits per heavy atom. The average molecular weight is 370 g/mol. The van der Waals surface area contributed by atoms with Gasteiger partial charge in [-0.2, -0.15) is 0 Å². The lowest BCUT2D eigenvalue weighted by molar-refractivity contribution is -0.148. The predicted molar refractivity (Wildman–Crippen MR) is 86.1 cm³/mol. The first-order valence-corrected chi connectivity index (χ1v) is 8.10. The summed E-state index contributed by atoms with van der Waals surface area (Å²) in [5.74, 6) is -3.75. The van der Waals surface area contributed by atoms with Gasteiger partial charge in [0, 0.05) is 25.6 Å². The molecule has 0 saturated carbocycles. The number of carbonyl (C=O) groups is 3. The number of nitrogens with zero attached hydrogens (tertiary/aromatic N) is 1. The van der Waals surface area contributed by atoms with Gasteiger partial charge in [0.15, 0.2) is 0 Å². The number of halogens is 2. The predicted octanol–water partition coefficient (Wildman–Crippen LogP) is 1.23. The smallest absolute Gasteiger partial charge is 0.306 e. The topological polar surface area (TPSA) is 95.9 Å². The van der Waals surface area contributed by atoms with Gasteiger partial charge in [-0.1, -0.05) is 6.07 Å². The van der Waals surface area contributed by atoms with E-state index >= 15 is 0 Å². The Balaban J connectivity index is 2.14. The molecule has 0 spiro atoms. The maximum Gasteiger partial charge on any atom is 0.306 e. The largest absolute Gasteiger partial charge is 0.481 e. The molecule has 9 heteroatoms. The molecular formula is C17H20F2N2O5. The fourth-order valence-corrected chi connectivity index (χ4v) is 2.88. The number of amides is 2. The number of aliphatic carboxylic acids is 1. The summed E-state index contributed by atoms with van der Waals surface area (Å²) in [5, 5.41) is 11.2. The maximum atomic E-state index is 14.0. The molecule has 1 fully saturated rings. The van der Waals surface area contributed by atoms with Gasteiger partial charge in [0.1, 0.15) is 11.6 Å². The fraction of sp³-hybridized carbons (Fsp3) is 0.471. The highest BCUT2D eigenvalue weighted by Gasteiger charge is 2.30. The van der Waals surface area contributed by atoms with Crippen LogP contribution in [0.25, 0.3) is 0 Å². The van der Waals surface area contributed by atoms with E-state index in [1.54, 1.807) is 0 Å². The standard InChI is InChI=1S/C17H20F2N2O5/c1-10(22)20-14(17-12(18)3-2-4-13(17)19)8-15(23)21-5-6-26-11(9-21)7-16(24)25/h2-4,11,14H,5-9H2,1H3,(H,20,22)(H,24,25). The van der Waals surface area contributed by atoms with Crippen LogP contribution in [0.1, 0.15) is 31.4 Å². The summed E-state index contributed by atoms with van der Waals surface area (Å²) in [6.45, 7) is 1.66. The molecule has 2 N–H and O–H groups in total. The Morgan fingerprint density at radius 3 is 2.58 bits per heavy atom. The third kappa shape index (κ3) is 5.22. The normalized spacial score (nSPS) is 18.3. The molecule has 0 aromatic heterocycles. The number of rotatable bonds is 6. The third-order valence-corrected chi connectivity index (χ3v) is 4.00. The van der Waals surface area contributed by atoms with E-state index in [0.717, 1.165) is 12.1 Å². The molecule has 1 aliphatic heterocycles. The molecule has 1 aromatic carbocycles. The highest BCUT2D eigenvalue weighted by Crippen LogP contribution is 2.25. The van der Waals surface area contributed by atoms with Gasteiger partial charge >= 0.3 is 5.97 Å². The van der Waals surface area contributed by atoms with Gasteiger partial charge in [-0.3, -0.25) is 14.4 Å². The molecule has 142 valence electrons. The Hall–Kier alpha value is -2.55. The summed E-state index contributed by atoms with van der Waals surface area (Å²) in [6.07, 6.45) is -1.24. The van der Waals surface area contributed by atoms with E-state index in [1.165, 1.54) is 17.9 Å². The van der Waals surface area contributed by atoms with E-state index in [1.807, 2.05) is 0 Å². The Morgan fingerprint density at radius 1 is 1.35 bits per heavy atom. The molecular weight excluding hydrogens is 350 g/mol. The third-order valence-electron chi connectivity index (χ3n) is 4.00. The molecule has 2 atom stereocenters. The Labute approximate surface area is 148 Å². The highest BCUT2D eigenvalue weighted by atomic mass is 19.1. The van der Waals surface area contributed by atoms with Crippen molar-refractivity contribution in [1.82, 2.24) is 10.2 Å². The highest BCUT2D eigenvalue weighted by molar-refractivity contribution is 5.79. The number of morpholine rings is 1. The quantitative estimate of drug-likeness (QED) is 0.785. The van der Waals surface area contributed by atoms with E-state index < -0.39 is 41.6 Å². The molecule has 26 heavy (non-hydrogen) atoms. The summed E-state index contributed by atoms with van der Waals surface area (Å²) in [7, 11) is 0. The lowest BCUT2D eigenvalue weighted by atomic mass is 10.0. The Kier molecular flexibility index (Phi) is 6.62. The van der Waals surface area contributed by atoms with Crippen molar-refractivity contribution in [3.05, 3.63) is 35.4 Å². The average Bonchev–Trinajstić information content (AvgIpc) is 2.53. The lowest BCUT2D eigenvalue weighted by Crippen LogP contribution is -2.47. The van der Waals surface area contributed by atoms with Crippen molar-refractivity contribution >= 4 is 17.8 Å². The van der Waals surface area contributed by atoms with Crippen molar-refractivity contribution in [2.24, 2.45) is 0 Å². The van der Waals surface area contributed by atoms with Gasteiger partial charge in [-0.05, 0) is 12.1 Å². The number of benzene rings is 1. The fourth-order valence-electron chi connectivity index (χ4n) is 2.88. The number of carboxylic acids is 1. The summed E-state index contributed by atoms with van der Waals surface area (Å²) in [4.78, 5) is 36.1. The van der Waals surface area contributed by atoms with Crippen molar-refractivity contribution in [3.8, 4) is 0 Å². The maximum absolute atomic E-state index is 14.0. The number of hydrogen-bond donors (Lipinski definition) is 2. The zero-order chi connectivity index (χ0) is 19.3.